The van der Waals surface area contributed by atoms with E-state index in [1.807, 2.05) is 18.2 Å². The van der Waals surface area contributed by atoms with Crippen molar-refractivity contribution in [2.45, 2.75) is 12.5 Å². The topological polar surface area (TPSA) is 50.9 Å². The van der Waals surface area contributed by atoms with Crippen molar-refractivity contribution in [3.8, 4) is 0 Å². The standard InChI is InChI=1S/C11H11Cl2N3S/c12-8-2-1-3-9(13)7(8)4-10(16-14)11-5-15-6-17-11/h1-3,5-6,10,16H,4,14H2. The molecule has 0 aliphatic rings. The predicted molar refractivity (Wildman–Crippen MR) is 72.3 cm³/mol. The number of hydrazine groups is 1. The molecule has 0 aliphatic carbocycles. The van der Waals surface area contributed by atoms with Crippen LogP contribution in [0, 0.1) is 0 Å². The molecule has 6 heteroatoms. The third kappa shape index (κ3) is 2.97. The first-order valence-electron chi connectivity index (χ1n) is 4.99. The van der Waals surface area contributed by atoms with Crippen LogP contribution in [0.4, 0.5) is 0 Å². The van der Waals surface area contributed by atoms with Crippen LogP contribution in [-0.4, -0.2) is 4.98 Å². The Morgan fingerprint density at radius 1 is 1.35 bits per heavy atom. The number of aromatic nitrogens is 1. The van der Waals surface area contributed by atoms with E-state index in [4.69, 9.17) is 29.0 Å². The number of nitrogens with one attached hydrogen (secondary N) is 1. The van der Waals surface area contributed by atoms with Gasteiger partial charge in [-0.3, -0.25) is 16.3 Å². The molecule has 0 aliphatic heterocycles. The van der Waals surface area contributed by atoms with Gasteiger partial charge in [-0.25, -0.2) is 0 Å². The van der Waals surface area contributed by atoms with Gasteiger partial charge in [0.1, 0.15) is 0 Å². The van der Waals surface area contributed by atoms with Crippen LogP contribution in [0.5, 0.6) is 0 Å². The molecule has 3 nitrogen and oxygen atoms in total. The molecule has 1 heterocycles. The molecule has 2 aromatic rings. The molecular weight excluding hydrogens is 277 g/mol. The third-order valence-electron chi connectivity index (χ3n) is 2.47. The molecule has 0 fully saturated rings. The van der Waals surface area contributed by atoms with E-state index in [0.717, 1.165) is 10.4 Å². The minimum absolute atomic E-state index is 0.0279. The summed E-state index contributed by atoms with van der Waals surface area (Å²) in [5, 5.41) is 1.31. The molecule has 0 spiro atoms. The van der Waals surface area contributed by atoms with Gasteiger partial charge in [0.05, 0.1) is 11.6 Å². The van der Waals surface area contributed by atoms with Gasteiger partial charge in [-0.2, -0.15) is 0 Å². The van der Waals surface area contributed by atoms with E-state index in [2.05, 4.69) is 10.4 Å². The van der Waals surface area contributed by atoms with E-state index in [1.165, 1.54) is 0 Å². The summed E-state index contributed by atoms with van der Waals surface area (Å²) in [6, 6.07) is 5.44. The quantitative estimate of drug-likeness (QED) is 0.671. The van der Waals surface area contributed by atoms with Crippen LogP contribution in [0.15, 0.2) is 29.9 Å². The van der Waals surface area contributed by atoms with E-state index in [-0.39, 0.29) is 6.04 Å². The Kier molecular flexibility index (Phi) is 4.36. The summed E-state index contributed by atoms with van der Waals surface area (Å²) >= 11 is 13.8. The zero-order valence-electron chi connectivity index (χ0n) is 8.86. The Morgan fingerprint density at radius 2 is 2.06 bits per heavy atom. The number of thiazole rings is 1. The second-order valence-electron chi connectivity index (χ2n) is 3.53. The smallest absolute Gasteiger partial charge is 0.0794 e. The summed E-state index contributed by atoms with van der Waals surface area (Å²) in [5.41, 5.74) is 5.43. The van der Waals surface area contributed by atoms with Gasteiger partial charge < -0.3 is 0 Å². The minimum atomic E-state index is -0.0279. The molecule has 1 unspecified atom stereocenters. The Hall–Kier alpha value is -0.650. The Bertz CT molecular complexity index is 467. The fraction of sp³-hybridized carbons (Fsp3) is 0.182. The molecule has 1 aromatic carbocycles. The Morgan fingerprint density at radius 3 is 2.59 bits per heavy atom. The van der Waals surface area contributed by atoms with Crippen LogP contribution in [-0.2, 0) is 6.42 Å². The Balaban J connectivity index is 2.25. The molecule has 0 saturated heterocycles. The van der Waals surface area contributed by atoms with Gasteiger partial charge in [0.25, 0.3) is 0 Å². The highest BCUT2D eigenvalue weighted by atomic mass is 35.5. The molecule has 1 aromatic heterocycles. The predicted octanol–water partition coefficient (Wildman–Crippen LogP) is 3.20. The summed E-state index contributed by atoms with van der Waals surface area (Å²) in [6.07, 6.45) is 2.43. The summed E-state index contributed by atoms with van der Waals surface area (Å²) < 4.78 is 0. The molecule has 0 saturated carbocycles. The maximum Gasteiger partial charge on any atom is 0.0794 e. The first-order valence-corrected chi connectivity index (χ1v) is 6.63. The van der Waals surface area contributed by atoms with Crippen LogP contribution in [0.3, 0.4) is 0 Å². The highest BCUT2D eigenvalue weighted by Crippen LogP contribution is 2.29. The van der Waals surface area contributed by atoms with Crippen molar-refractivity contribution in [2.75, 3.05) is 0 Å². The number of benzene rings is 1. The van der Waals surface area contributed by atoms with E-state index < -0.39 is 0 Å². The van der Waals surface area contributed by atoms with E-state index in [1.54, 1.807) is 23.0 Å². The van der Waals surface area contributed by atoms with Gasteiger partial charge in [0.2, 0.25) is 0 Å². The zero-order chi connectivity index (χ0) is 12.3. The largest absolute Gasteiger partial charge is 0.271 e. The minimum Gasteiger partial charge on any atom is -0.271 e. The number of halogens is 2. The molecule has 90 valence electrons. The Labute approximate surface area is 114 Å². The summed E-state index contributed by atoms with van der Waals surface area (Å²) in [6.45, 7) is 0. The number of nitrogens with zero attached hydrogens (tertiary/aromatic N) is 1. The van der Waals surface area contributed by atoms with Gasteiger partial charge in [-0.15, -0.1) is 11.3 Å². The van der Waals surface area contributed by atoms with Gasteiger partial charge in [0.15, 0.2) is 0 Å². The second kappa shape index (κ2) is 5.80. The molecule has 1 atom stereocenters. The summed E-state index contributed by atoms with van der Waals surface area (Å²) in [5.74, 6) is 5.55. The van der Waals surface area contributed by atoms with Crippen LogP contribution < -0.4 is 11.3 Å². The van der Waals surface area contributed by atoms with E-state index in [0.29, 0.717) is 16.5 Å². The van der Waals surface area contributed by atoms with Crippen molar-refractivity contribution in [2.24, 2.45) is 5.84 Å². The zero-order valence-corrected chi connectivity index (χ0v) is 11.2. The SMILES string of the molecule is NNC(Cc1c(Cl)cccc1Cl)c1cncs1. The fourth-order valence-electron chi connectivity index (χ4n) is 1.57. The number of hydrogen-bond donors (Lipinski definition) is 2. The lowest BCUT2D eigenvalue weighted by Gasteiger charge is -2.15. The third-order valence-corrected chi connectivity index (χ3v) is 4.06. The van der Waals surface area contributed by atoms with Gasteiger partial charge in [-0.05, 0) is 24.1 Å². The summed E-state index contributed by atoms with van der Waals surface area (Å²) in [4.78, 5) is 5.09. The maximum atomic E-state index is 6.13. The fourth-order valence-corrected chi connectivity index (χ4v) is 2.80. The molecular formula is C11H11Cl2N3S. The van der Waals surface area contributed by atoms with Crippen LogP contribution in [0.2, 0.25) is 10.0 Å². The molecule has 0 amide bonds. The van der Waals surface area contributed by atoms with Crippen molar-refractivity contribution < 1.29 is 0 Å². The molecule has 17 heavy (non-hydrogen) atoms. The first-order chi connectivity index (χ1) is 8.22. The lowest BCUT2D eigenvalue weighted by molar-refractivity contribution is 0.560. The van der Waals surface area contributed by atoms with Crippen molar-refractivity contribution in [3.63, 3.8) is 0 Å². The van der Waals surface area contributed by atoms with Crippen molar-refractivity contribution in [1.82, 2.24) is 10.4 Å². The second-order valence-corrected chi connectivity index (χ2v) is 5.26. The molecule has 3 N–H and O–H groups in total. The van der Waals surface area contributed by atoms with Crippen LogP contribution in [0.1, 0.15) is 16.5 Å². The molecule has 0 bridgehead atoms. The average molecular weight is 288 g/mol. The van der Waals surface area contributed by atoms with E-state index >= 15 is 0 Å². The summed E-state index contributed by atoms with van der Waals surface area (Å²) in [7, 11) is 0. The lowest BCUT2D eigenvalue weighted by atomic mass is 10.1. The lowest BCUT2D eigenvalue weighted by Crippen LogP contribution is -2.29. The van der Waals surface area contributed by atoms with Crippen LogP contribution >= 0.6 is 34.5 Å². The average Bonchev–Trinajstić information content (AvgIpc) is 2.82. The highest BCUT2D eigenvalue weighted by molar-refractivity contribution is 7.09. The monoisotopic (exact) mass is 287 g/mol. The maximum absolute atomic E-state index is 6.13. The van der Waals surface area contributed by atoms with Crippen molar-refractivity contribution in [1.29, 1.82) is 0 Å². The van der Waals surface area contributed by atoms with Gasteiger partial charge >= 0.3 is 0 Å². The van der Waals surface area contributed by atoms with Crippen LogP contribution in [0.25, 0.3) is 0 Å². The molecule has 2 rings (SSSR count). The highest BCUT2D eigenvalue weighted by Gasteiger charge is 2.15. The van der Waals surface area contributed by atoms with Gasteiger partial charge in [-0.1, -0.05) is 29.3 Å². The number of nitrogens with two attached hydrogens (primary N) is 1. The number of hydrogen-bond acceptors (Lipinski definition) is 4. The van der Waals surface area contributed by atoms with Gasteiger partial charge in [0, 0.05) is 21.1 Å². The normalized spacial score (nSPS) is 12.6. The first kappa shape index (κ1) is 12.8. The van der Waals surface area contributed by atoms with E-state index in [9.17, 15) is 0 Å². The van der Waals surface area contributed by atoms with Crippen molar-refractivity contribution in [3.05, 3.63) is 50.4 Å². The number of rotatable bonds is 4. The van der Waals surface area contributed by atoms with Crippen molar-refractivity contribution >= 4 is 34.5 Å². The molecule has 0 radical (unpaired) electrons.